The van der Waals surface area contributed by atoms with E-state index in [1.54, 1.807) is 27.7 Å². The largest absolute Gasteiger partial charge is 0.473 e. The first-order valence-corrected chi connectivity index (χ1v) is 11.4. The van der Waals surface area contributed by atoms with Gasteiger partial charge in [-0.2, -0.15) is 9.44 Å². The number of ether oxygens (including phenoxy) is 2. The van der Waals surface area contributed by atoms with E-state index in [1.165, 1.54) is 0 Å². The number of hydrogen-bond acceptors (Lipinski definition) is 8. The molecule has 0 aromatic rings. The van der Waals surface area contributed by atoms with E-state index in [0.717, 1.165) is 12.5 Å². The van der Waals surface area contributed by atoms with Crippen LogP contribution in [0, 0.1) is 5.41 Å². The highest BCUT2D eigenvalue weighted by Crippen LogP contribution is 2.31. The molecule has 0 aromatic carbocycles. The Labute approximate surface area is 148 Å². The summed E-state index contributed by atoms with van der Waals surface area (Å²) in [5.74, 6) is 0.541. The van der Waals surface area contributed by atoms with Gasteiger partial charge < -0.3 is 9.47 Å². The minimum absolute atomic E-state index is 0.270. The van der Waals surface area contributed by atoms with Crippen LogP contribution in [0.15, 0.2) is 9.98 Å². The number of sulfonamides is 2. The van der Waals surface area contributed by atoms with Gasteiger partial charge in [-0.05, 0) is 27.7 Å². The van der Waals surface area contributed by atoms with Crippen molar-refractivity contribution in [3.8, 4) is 0 Å². The van der Waals surface area contributed by atoms with E-state index in [4.69, 9.17) is 9.47 Å². The lowest BCUT2D eigenvalue weighted by Crippen LogP contribution is -2.38. The predicted molar refractivity (Wildman–Crippen MR) is 93.3 cm³/mol. The standard InChI is InChI=1S/C13H24N4O6S2/c1-7-9(16-24(5,18)19)14-11(22-7)13(3,4)12-15-10(8(2)23-12)17-25(6,20)21/h7-10,16-17H,1-6H3/t7-,8-,9-,10-/m1/s1. The summed E-state index contributed by atoms with van der Waals surface area (Å²) < 4.78 is 61.8. The highest BCUT2D eigenvalue weighted by molar-refractivity contribution is 7.89. The SMILES string of the molecule is C[C@H]1OC(C(C)(C)C2=N[C@H](NS(C)(=O)=O)[C@@H](C)O2)=N[C@@H]1NS(C)(=O)=O. The second kappa shape index (κ2) is 6.49. The minimum atomic E-state index is -3.44. The molecule has 0 aliphatic carbocycles. The zero-order valence-corrected chi connectivity index (χ0v) is 16.6. The van der Waals surface area contributed by atoms with Gasteiger partial charge in [0.15, 0.2) is 12.3 Å². The minimum Gasteiger partial charge on any atom is -0.473 e. The molecule has 2 aliphatic heterocycles. The van der Waals surface area contributed by atoms with Crippen LogP contribution in [0.1, 0.15) is 27.7 Å². The Kier molecular flexibility index (Phi) is 5.21. The van der Waals surface area contributed by atoms with E-state index < -0.39 is 50.0 Å². The molecule has 12 heteroatoms. The third-order valence-electron chi connectivity index (χ3n) is 3.74. The van der Waals surface area contributed by atoms with Gasteiger partial charge in [-0.1, -0.05) is 0 Å². The van der Waals surface area contributed by atoms with Gasteiger partial charge in [-0.25, -0.2) is 26.8 Å². The van der Waals surface area contributed by atoms with Crippen molar-refractivity contribution in [2.75, 3.05) is 12.5 Å². The summed E-state index contributed by atoms with van der Waals surface area (Å²) in [6.07, 6.45) is -0.374. The Balaban J connectivity index is 2.24. The summed E-state index contributed by atoms with van der Waals surface area (Å²) in [7, 11) is -6.88. The first kappa shape index (κ1) is 20.1. The molecule has 0 aromatic heterocycles. The third kappa shape index (κ3) is 4.90. The van der Waals surface area contributed by atoms with Crippen LogP contribution in [0.2, 0.25) is 0 Å². The van der Waals surface area contributed by atoms with E-state index in [-0.39, 0.29) is 11.8 Å². The highest BCUT2D eigenvalue weighted by atomic mass is 32.2. The molecule has 144 valence electrons. The van der Waals surface area contributed by atoms with Crippen molar-refractivity contribution in [2.45, 2.75) is 52.2 Å². The molecular formula is C13H24N4O6S2. The van der Waals surface area contributed by atoms with E-state index in [1.807, 2.05) is 0 Å². The van der Waals surface area contributed by atoms with Crippen LogP contribution in [0.4, 0.5) is 0 Å². The van der Waals surface area contributed by atoms with Crippen molar-refractivity contribution >= 4 is 31.8 Å². The molecule has 2 N–H and O–H groups in total. The summed E-state index contributed by atoms with van der Waals surface area (Å²) in [6, 6.07) is 0. The molecule has 0 bridgehead atoms. The third-order valence-corrected chi connectivity index (χ3v) is 5.08. The first-order chi connectivity index (χ1) is 11.2. The number of nitrogens with one attached hydrogen (secondary N) is 2. The fraction of sp³-hybridized carbons (Fsp3) is 0.846. The van der Waals surface area contributed by atoms with Gasteiger partial charge in [0, 0.05) is 0 Å². The molecular weight excluding hydrogens is 372 g/mol. The lowest BCUT2D eigenvalue weighted by atomic mass is 9.93. The van der Waals surface area contributed by atoms with Gasteiger partial charge in [0.05, 0.1) is 12.5 Å². The summed E-state index contributed by atoms with van der Waals surface area (Å²) >= 11 is 0. The zero-order chi connectivity index (χ0) is 19.2. The maximum atomic E-state index is 11.4. The van der Waals surface area contributed by atoms with E-state index >= 15 is 0 Å². The Morgan fingerprint density at radius 1 is 0.840 bits per heavy atom. The van der Waals surface area contributed by atoms with Crippen LogP contribution in [0.5, 0.6) is 0 Å². The monoisotopic (exact) mass is 396 g/mol. The van der Waals surface area contributed by atoms with Crippen molar-refractivity contribution in [1.82, 2.24) is 9.44 Å². The van der Waals surface area contributed by atoms with Gasteiger partial charge in [0.1, 0.15) is 17.6 Å². The molecule has 2 heterocycles. The normalized spacial score (nSPS) is 30.5. The van der Waals surface area contributed by atoms with Gasteiger partial charge >= 0.3 is 0 Å². The van der Waals surface area contributed by atoms with Crippen LogP contribution in [0.25, 0.3) is 0 Å². The molecule has 2 aliphatic rings. The number of nitrogens with zero attached hydrogens (tertiary/aromatic N) is 2. The first-order valence-electron chi connectivity index (χ1n) is 7.63. The summed E-state index contributed by atoms with van der Waals surface area (Å²) in [4.78, 5) is 8.60. The van der Waals surface area contributed by atoms with Gasteiger partial charge in [-0.15, -0.1) is 0 Å². The molecule has 0 spiro atoms. The molecule has 2 rings (SSSR count). The van der Waals surface area contributed by atoms with Crippen LogP contribution in [-0.2, 0) is 29.5 Å². The number of hydrogen-bond donors (Lipinski definition) is 2. The molecule has 0 saturated heterocycles. The molecule has 0 amide bonds. The Morgan fingerprint density at radius 3 is 1.44 bits per heavy atom. The van der Waals surface area contributed by atoms with Gasteiger partial charge in [0.2, 0.25) is 31.8 Å². The Hall–Kier alpha value is -1.24. The summed E-state index contributed by atoms with van der Waals surface area (Å²) in [6.45, 7) is 6.91. The van der Waals surface area contributed by atoms with Crippen LogP contribution < -0.4 is 9.44 Å². The topological polar surface area (TPSA) is 136 Å². The number of aliphatic imine (C=N–C) groups is 2. The lowest BCUT2D eigenvalue weighted by Gasteiger charge is -2.24. The Morgan fingerprint density at radius 2 is 1.16 bits per heavy atom. The Bertz CT molecular complexity index is 736. The van der Waals surface area contributed by atoms with Crippen molar-refractivity contribution in [3.05, 3.63) is 0 Å². The van der Waals surface area contributed by atoms with E-state index in [9.17, 15) is 16.8 Å². The molecule has 0 fully saturated rings. The molecule has 25 heavy (non-hydrogen) atoms. The van der Waals surface area contributed by atoms with Crippen molar-refractivity contribution < 1.29 is 26.3 Å². The van der Waals surface area contributed by atoms with Crippen molar-refractivity contribution in [1.29, 1.82) is 0 Å². The predicted octanol–water partition coefficient (Wildman–Crippen LogP) is -0.602. The highest BCUT2D eigenvalue weighted by Gasteiger charge is 2.45. The second-order valence-electron chi connectivity index (χ2n) is 6.81. The van der Waals surface area contributed by atoms with Crippen LogP contribution in [-0.4, -0.2) is 65.7 Å². The maximum Gasteiger partial charge on any atom is 0.210 e. The second-order valence-corrected chi connectivity index (χ2v) is 10.4. The van der Waals surface area contributed by atoms with Crippen LogP contribution in [0.3, 0.4) is 0 Å². The average molecular weight is 396 g/mol. The fourth-order valence-electron chi connectivity index (χ4n) is 2.40. The molecule has 0 unspecified atom stereocenters. The van der Waals surface area contributed by atoms with Gasteiger partial charge in [-0.3, -0.25) is 0 Å². The molecule has 0 saturated carbocycles. The molecule has 0 radical (unpaired) electrons. The summed E-state index contributed by atoms with van der Waals surface area (Å²) in [5, 5.41) is 0. The smallest absolute Gasteiger partial charge is 0.210 e. The molecule has 4 atom stereocenters. The number of rotatable bonds is 6. The van der Waals surface area contributed by atoms with Crippen molar-refractivity contribution in [3.63, 3.8) is 0 Å². The molecule has 10 nitrogen and oxygen atoms in total. The quantitative estimate of drug-likeness (QED) is 0.615. The van der Waals surface area contributed by atoms with E-state index in [0.29, 0.717) is 0 Å². The van der Waals surface area contributed by atoms with Crippen LogP contribution >= 0.6 is 0 Å². The lowest BCUT2D eigenvalue weighted by molar-refractivity contribution is 0.173. The zero-order valence-electron chi connectivity index (χ0n) is 15.0. The van der Waals surface area contributed by atoms with E-state index in [2.05, 4.69) is 19.4 Å². The van der Waals surface area contributed by atoms with Gasteiger partial charge in [0.25, 0.3) is 0 Å². The van der Waals surface area contributed by atoms with Crippen molar-refractivity contribution in [2.24, 2.45) is 15.4 Å². The average Bonchev–Trinajstić information content (AvgIpc) is 2.92. The maximum absolute atomic E-state index is 11.4. The fourth-order valence-corrected chi connectivity index (χ4v) is 3.76. The summed E-state index contributed by atoms with van der Waals surface area (Å²) in [5.41, 5.74) is -0.885.